The lowest BCUT2D eigenvalue weighted by Crippen LogP contribution is -2.13. The largest absolute Gasteiger partial charge is 0.300 e. The van der Waals surface area contributed by atoms with Gasteiger partial charge in [0.2, 0.25) is 11.0 Å². The fourth-order valence-electron chi connectivity index (χ4n) is 1.55. The maximum Gasteiger partial charge on any atom is 0.236 e. The Morgan fingerprint density at radius 2 is 2.23 bits per heavy atom. The third-order valence-electron chi connectivity index (χ3n) is 2.38. The molecule has 0 bridgehead atoms. The van der Waals surface area contributed by atoms with Crippen molar-refractivity contribution in [3.8, 4) is 0 Å². The van der Waals surface area contributed by atoms with Crippen LogP contribution in [0.3, 0.4) is 0 Å². The van der Waals surface area contributed by atoms with Crippen molar-refractivity contribution in [2.75, 3.05) is 11.1 Å². The van der Waals surface area contributed by atoms with E-state index in [0.717, 1.165) is 15.7 Å². The van der Waals surface area contributed by atoms with Crippen LogP contribution in [0.15, 0.2) is 28.6 Å². The van der Waals surface area contributed by atoms with Gasteiger partial charge in [0, 0.05) is 16.0 Å². The van der Waals surface area contributed by atoms with Crippen molar-refractivity contribution in [3.63, 3.8) is 0 Å². The van der Waals surface area contributed by atoms with E-state index in [9.17, 15) is 4.79 Å². The van der Waals surface area contributed by atoms with E-state index < -0.39 is 0 Å². The summed E-state index contributed by atoms with van der Waals surface area (Å²) in [6.45, 7) is 4.19. The molecule has 1 N–H and O–H groups in total. The van der Waals surface area contributed by atoms with Gasteiger partial charge in [-0.15, -0.1) is 22.0 Å². The Kier molecular flexibility index (Phi) is 7.01. The lowest BCUT2D eigenvalue weighted by atomic mass is 10.2. The molecule has 118 valence electrons. The topological polar surface area (TPSA) is 54.9 Å². The molecule has 1 aromatic heterocycles. The first-order valence-corrected chi connectivity index (χ1v) is 9.88. The number of rotatable bonds is 7. The minimum atomic E-state index is -0.0655. The molecule has 1 aromatic carbocycles. The standard InChI is InChI=1S/C14H16ClN3OS3/c1-9(2)21-14-18-17-13(22-14)16-12(19)8-20-7-10-4-3-5-11(15)6-10/h3-6,9H,7-8H2,1-2H3,(H,16,17,19). The summed E-state index contributed by atoms with van der Waals surface area (Å²) in [7, 11) is 0. The van der Waals surface area contributed by atoms with Crippen molar-refractivity contribution in [3.05, 3.63) is 34.9 Å². The van der Waals surface area contributed by atoms with E-state index in [1.807, 2.05) is 24.3 Å². The summed E-state index contributed by atoms with van der Waals surface area (Å²) in [4.78, 5) is 11.9. The van der Waals surface area contributed by atoms with Gasteiger partial charge >= 0.3 is 0 Å². The molecule has 1 amide bonds. The average Bonchev–Trinajstić information content (AvgIpc) is 2.85. The SMILES string of the molecule is CC(C)Sc1nnc(NC(=O)CSCc2cccc(Cl)c2)s1. The first-order chi connectivity index (χ1) is 10.5. The van der Waals surface area contributed by atoms with E-state index in [0.29, 0.717) is 21.2 Å². The summed E-state index contributed by atoms with van der Waals surface area (Å²) < 4.78 is 0.872. The summed E-state index contributed by atoms with van der Waals surface area (Å²) in [6, 6.07) is 7.65. The van der Waals surface area contributed by atoms with Crippen LogP contribution in [0.2, 0.25) is 5.02 Å². The fraction of sp³-hybridized carbons (Fsp3) is 0.357. The maximum absolute atomic E-state index is 11.9. The molecule has 0 aliphatic heterocycles. The minimum absolute atomic E-state index is 0.0655. The Morgan fingerprint density at radius 3 is 2.95 bits per heavy atom. The molecule has 4 nitrogen and oxygen atoms in total. The zero-order valence-corrected chi connectivity index (χ0v) is 15.4. The number of nitrogens with zero attached hydrogens (tertiary/aromatic N) is 2. The summed E-state index contributed by atoms with van der Waals surface area (Å²) in [5.74, 6) is 1.06. The zero-order chi connectivity index (χ0) is 15.9. The molecular weight excluding hydrogens is 358 g/mol. The van der Waals surface area contributed by atoms with Gasteiger partial charge < -0.3 is 0 Å². The molecular formula is C14H16ClN3OS3. The second kappa shape index (κ2) is 8.76. The van der Waals surface area contributed by atoms with Gasteiger partial charge in [-0.25, -0.2) is 0 Å². The molecule has 1 heterocycles. The first kappa shape index (κ1) is 17.6. The summed E-state index contributed by atoms with van der Waals surface area (Å²) in [5.41, 5.74) is 1.11. The molecule has 0 unspecified atom stereocenters. The fourth-order valence-corrected chi connectivity index (χ4v) is 4.53. The molecule has 0 saturated heterocycles. The average molecular weight is 374 g/mol. The molecule has 0 spiro atoms. The van der Waals surface area contributed by atoms with Crippen LogP contribution in [0, 0.1) is 0 Å². The zero-order valence-electron chi connectivity index (χ0n) is 12.2. The molecule has 0 radical (unpaired) electrons. The molecule has 2 aromatic rings. The highest BCUT2D eigenvalue weighted by molar-refractivity contribution is 8.01. The Balaban J connectivity index is 1.74. The highest BCUT2D eigenvalue weighted by Crippen LogP contribution is 2.28. The molecule has 22 heavy (non-hydrogen) atoms. The van der Waals surface area contributed by atoms with Crippen molar-refractivity contribution in [1.82, 2.24) is 10.2 Å². The minimum Gasteiger partial charge on any atom is -0.300 e. The van der Waals surface area contributed by atoms with Gasteiger partial charge in [-0.2, -0.15) is 0 Å². The summed E-state index contributed by atoms with van der Waals surface area (Å²) >= 11 is 10.5. The third-order valence-corrected chi connectivity index (χ3v) is 5.55. The van der Waals surface area contributed by atoms with Gasteiger partial charge in [0.05, 0.1) is 5.75 Å². The van der Waals surface area contributed by atoms with Gasteiger partial charge in [-0.3, -0.25) is 10.1 Å². The lowest BCUT2D eigenvalue weighted by Gasteiger charge is -2.02. The number of thioether (sulfide) groups is 2. The van der Waals surface area contributed by atoms with E-state index in [4.69, 9.17) is 11.6 Å². The van der Waals surface area contributed by atoms with E-state index >= 15 is 0 Å². The number of benzene rings is 1. The molecule has 0 fully saturated rings. The number of carbonyl (C=O) groups is 1. The molecule has 0 aliphatic rings. The highest BCUT2D eigenvalue weighted by atomic mass is 35.5. The molecule has 0 saturated carbocycles. The van der Waals surface area contributed by atoms with E-state index in [2.05, 4.69) is 29.4 Å². The van der Waals surface area contributed by atoms with Gasteiger partial charge in [0.15, 0.2) is 4.34 Å². The van der Waals surface area contributed by atoms with Crippen LogP contribution < -0.4 is 5.32 Å². The quantitative estimate of drug-likeness (QED) is 0.569. The number of amides is 1. The lowest BCUT2D eigenvalue weighted by molar-refractivity contribution is -0.113. The number of hydrogen-bond donors (Lipinski definition) is 1. The van der Waals surface area contributed by atoms with Crippen LogP contribution in [0.1, 0.15) is 19.4 Å². The second-order valence-corrected chi connectivity index (χ2v) is 8.93. The van der Waals surface area contributed by atoms with Crippen LogP contribution >= 0.6 is 46.5 Å². The number of carbonyl (C=O) groups excluding carboxylic acids is 1. The van der Waals surface area contributed by atoms with Crippen LogP contribution in [-0.2, 0) is 10.5 Å². The highest BCUT2D eigenvalue weighted by Gasteiger charge is 2.10. The van der Waals surface area contributed by atoms with Crippen molar-refractivity contribution < 1.29 is 4.79 Å². The van der Waals surface area contributed by atoms with Gasteiger partial charge in [-0.1, -0.05) is 60.7 Å². The monoisotopic (exact) mass is 373 g/mol. The van der Waals surface area contributed by atoms with Crippen LogP contribution in [-0.4, -0.2) is 27.1 Å². The smallest absolute Gasteiger partial charge is 0.236 e. The molecule has 0 aliphatic carbocycles. The number of hydrogen-bond acceptors (Lipinski definition) is 6. The van der Waals surface area contributed by atoms with Crippen molar-refractivity contribution >= 4 is 57.5 Å². The number of aromatic nitrogens is 2. The van der Waals surface area contributed by atoms with Crippen LogP contribution in [0.5, 0.6) is 0 Å². The Hall–Kier alpha value is -0.760. The van der Waals surface area contributed by atoms with Crippen molar-refractivity contribution in [1.29, 1.82) is 0 Å². The van der Waals surface area contributed by atoms with Crippen molar-refractivity contribution in [2.45, 2.75) is 29.2 Å². The second-order valence-electron chi connectivity index (χ2n) is 4.71. The number of anilines is 1. The van der Waals surface area contributed by atoms with Crippen LogP contribution in [0.4, 0.5) is 5.13 Å². The maximum atomic E-state index is 11.9. The normalized spacial score (nSPS) is 10.9. The molecule has 0 atom stereocenters. The van der Waals surface area contributed by atoms with Crippen LogP contribution in [0.25, 0.3) is 0 Å². The Bertz CT molecular complexity index is 633. The van der Waals surface area contributed by atoms with E-state index in [1.165, 1.54) is 11.3 Å². The van der Waals surface area contributed by atoms with Gasteiger partial charge in [0.25, 0.3) is 0 Å². The van der Waals surface area contributed by atoms with E-state index in [1.54, 1.807) is 23.5 Å². The summed E-state index contributed by atoms with van der Waals surface area (Å²) in [5, 5.41) is 12.5. The van der Waals surface area contributed by atoms with E-state index in [-0.39, 0.29) is 5.91 Å². The summed E-state index contributed by atoms with van der Waals surface area (Å²) in [6.07, 6.45) is 0. The first-order valence-electron chi connectivity index (χ1n) is 6.65. The molecule has 2 rings (SSSR count). The predicted octanol–water partition coefficient (Wildman–Crippen LogP) is 4.56. The number of halogens is 1. The third kappa shape index (κ3) is 6.16. The predicted molar refractivity (Wildman–Crippen MR) is 97.1 cm³/mol. The molecule has 8 heteroatoms. The Labute approximate surface area is 147 Å². The Morgan fingerprint density at radius 1 is 1.41 bits per heavy atom. The van der Waals surface area contributed by atoms with Gasteiger partial charge in [-0.05, 0) is 17.7 Å². The van der Waals surface area contributed by atoms with Crippen molar-refractivity contribution in [2.24, 2.45) is 0 Å². The van der Waals surface area contributed by atoms with Gasteiger partial charge in [0.1, 0.15) is 0 Å². The number of nitrogens with one attached hydrogen (secondary N) is 1.